The Morgan fingerprint density at radius 2 is 1.77 bits per heavy atom. The lowest BCUT2D eigenvalue weighted by Gasteiger charge is -2.21. The number of carbonyl (C=O) groups is 1. The molecule has 0 bridgehead atoms. The number of rotatable bonds is 5. The third-order valence-corrected chi connectivity index (χ3v) is 5.00. The van der Waals surface area contributed by atoms with Crippen LogP contribution in [0, 0.1) is 5.82 Å². The first-order valence-corrected chi connectivity index (χ1v) is 9.63. The normalized spacial score (nSPS) is 16.2. The first-order chi connectivity index (χ1) is 12.6. The highest BCUT2D eigenvalue weighted by Crippen LogP contribution is 2.19. The van der Waals surface area contributed by atoms with Gasteiger partial charge in [0.1, 0.15) is 5.82 Å². The Kier molecular flexibility index (Phi) is 6.77. The number of hydrogen-bond acceptors (Lipinski definition) is 3. The molecule has 0 unspecified atom stereocenters. The molecule has 0 aromatic heterocycles. The van der Waals surface area contributed by atoms with E-state index in [1.165, 1.54) is 11.6 Å². The lowest BCUT2D eigenvalue weighted by Crippen LogP contribution is -2.36. The summed E-state index contributed by atoms with van der Waals surface area (Å²) in [6.07, 6.45) is 1.02. The summed E-state index contributed by atoms with van der Waals surface area (Å²) < 4.78 is 14.5. The highest BCUT2D eigenvalue weighted by atomic mass is 79.9. The van der Waals surface area contributed by atoms with Crippen molar-refractivity contribution in [2.75, 3.05) is 38.0 Å². The van der Waals surface area contributed by atoms with Crippen LogP contribution < -0.4 is 5.32 Å². The van der Waals surface area contributed by atoms with E-state index >= 15 is 0 Å². The van der Waals surface area contributed by atoms with Gasteiger partial charge in [-0.15, -0.1) is 0 Å². The molecule has 0 atom stereocenters. The maximum atomic E-state index is 13.8. The summed E-state index contributed by atoms with van der Waals surface area (Å²) >= 11 is 3.21. The standard InChI is InChI=1S/C20H23BrFN3O/c21-17-7-8-19(18(22)13-17)23-20(26)15-25-10-4-9-24(11-12-25)14-16-5-2-1-3-6-16/h1-3,5-8,13H,4,9-12,14-15H2,(H,23,26). The zero-order chi connectivity index (χ0) is 18.4. The third-order valence-electron chi connectivity index (χ3n) is 4.50. The molecule has 1 aliphatic heterocycles. The van der Waals surface area contributed by atoms with Crippen LogP contribution in [0.25, 0.3) is 0 Å². The van der Waals surface area contributed by atoms with Crippen LogP contribution in [0.4, 0.5) is 10.1 Å². The van der Waals surface area contributed by atoms with Crippen LogP contribution in [0.5, 0.6) is 0 Å². The van der Waals surface area contributed by atoms with E-state index in [1.807, 2.05) is 6.07 Å². The molecule has 0 spiro atoms. The van der Waals surface area contributed by atoms with Crippen LogP contribution in [0.1, 0.15) is 12.0 Å². The molecule has 1 aliphatic rings. The van der Waals surface area contributed by atoms with Gasteiger partial charge in [0.25, 0.3) is 0 Å². The predicted octanol–water partition coefficient (Wildman–Crippen LogP) is 3.73. The quantitative estimate of drug-likeness (QED) is 0.801. The van der Waals surface area contributed by atoms with Gasteiger partial charge in [-0.1, -0.05) is 46.3 Å². The van der Waals surface area contributed by atoms with Crippen LogP contribution in [0.15, 0.2) is 53.0 Å². The average molecular weight is 420 g/mol. The van der Waals surface area contributed by atoms with Gasteiger partial charge in [-0.3, -0.25) is 14.6 Å². The van der Waals surface area contributed by atoms with Crippen molar-refractivity contribution in [3.63, 3.8) is 0 Å². The molecule has 6 heteroatoms. The van der Waals surface area contributed by atoms with Crippen LogP contribution in [0.2, 0.25) is 0 Å². The number of amides is 1. The van der Waals surface area contributed by atoms with E-state index in [9.17, 15) is 9.18 Å². The van der Waals surface area contributed by atoms with Crippen molar-refractivity contribution in [3.8, 4) is 0 Å². The summed E-state index contributed by atoms with van der Waals surface area (Å²) in [4.78, 5) is 16.8. The lowest BCUT2D eigenvalue weighted by atomic mass is 10.2. The van der Waals surface area contributed by atoms with Gasteiger partial charge in [0.05, 0.1) is 12.2 Å². The predicted molar refractivity (Wildman–Crippen MR) is 106 cm³/mol. The number of anilines is 1. The van der Waals surface area contributed by atoms with E-state index in [1.54, 1.807) is 12.1 Å². The van der Waals surface area contributed by atoms with Gasteiger partial charge < -0.3 is 5.32 Å². The van der Waals surface area contributed by atoms with Gasteiger partial charge in [0, 0.05) is 24.1 Å². The molecule has 2 aromatic carbocycles. The Morgan fingerprint density at radius 1 is 1.04 bits per heavy atom. The molecule has 3 rings (SSSR count). The van der Waals surface area contributed by atoms with Crippen LogP contribution in [-0.4, -0.2) is 48.4 Å². The largest absolute Gasteiger partial charge is 0.322 e. The first kappa shape index (κ1) is 19.0. The fourth-order valence-corrected chi connectivity index (χ4v) is 3.50. The molecule has 1 amide bonds. The van der Waals surface area contributed by atoms with E-state index < -0.39 is 5.82 Å². The molecular weight excluding hydrogens is 397 g/mol. The van der Waals surface area contributed by atoms with Gasteiger partial charge in [0.15, 0.2) is 0 Å². The minimum absolute atomic E-state index is 0.178. The molecular formula is C20H23BrFN3O. The van der Waals surface area contributed by atoms with E-state index in [0.29, 0.717) is 4.47 Å². The monoisotopic (exact) mass is 419 g/mol. The Balaban J connectivity index is 1.49. The van der Waals surface area contributed by atoms with Crippen molar-refractivity contribution in [3.05, 3.63) is 64.4 Å². The number of nitrogens with zero attached hydrogens (tertiary/aromatic N) is 2. The Hall–Kier alpha value is -1.76. The number of nitrogens with one attached hydrogen (secondary N) is 1. The Morgan fingerprint density at radius 3 is 2.54 bits per heavy atom. The Labute approximate surface area is 162 Å². The fraction of sp³-hybridized carbons (Fsp3) is 0.350. The summed E-state index contributed by atoms with van der Waals surface area (Å²) in [6.45, 7) is 4.88. The molecule has 1 fully saturated rings. The molecule has 4 nitrogen and oxygen atoms in total. The smallest absolute Gasteiger partial charge is 0.238 e. The van der Waals surface area contributed by atoms with Gasteiger partial charge in [-0.05, 0) is 43.3 Å². The fourth-order valence-electron chi connectivity index (χ4n) is 3.17. The van der Waals surface area contributed by atoms with Crippen molar-refractivity contribution in [1.29, 1.82) is 0 Å². The molecule has 1 heterocycles. The number of carbonyl (C=O) groups excluding carboxylic acids is 1. The summed E-state index contributed by atoms with van der Waals surface area (Å²) in [6, 6.07) is 15.1. The zero-order valence-electron chi connectivity index (χ0n) is 14.6. The van der Waals surface area contributed by atoms with Gasteiger partial charge >= 0.3 is 0 Å². The molecule has 0 aliphatic carbocycles. The lowest BCUT2D eigenvalue weighted by molar-refractivity contribution is -0.117. The van der Waals surface area contributed by atoms with Gasteiger partial charge in [-0.2, -0.15) is 0 Å². The van der Waals surface area contributed by atoms with E-state index in [4.69, 9.17) is 0 Å². The SMILES string of the molecule is O=C(CN1CCCN(Cc2ccccc2)CC1)Nc1ccc(Br)cc1F. The molecule has 1 saturated heterocycles. The second kappa shape index (κ2) is 9.26. The van der Waals surface area contributed by atoms with E-state index in [-0.39, 0.29) is 18.1 Å². The maximum absolute atomic E-state index is 13.8. The number of halogens is 2. The van der Waals surface area contributed by atoms with Crippen LogP contribution in [0.3, 0.4) is 0 Å². The second-order valence-corrected chi connectivity index (χ2v) is 7.48. The van der Waals surface area contributed by atoms with Crippen LogP contribution >= 0.6 is 15.9 Å². The number of hydrogen-bond donors (Lipinski definition) is 1. The second-order valence-electron chi connectivity index (χ2n) is 6.56. The number of benzene rings is 2. The minimum atomic E-state index is -0.433. The van der Waals surface area contributed by atoms with Crippen molar-refractivity contribution >= 4 is 27.5 Å². The minimum Gasteiger partial charge on any atom is -0.322 e. The molecule has 1 N–H and O–H groups in total. The van der Waals surface area contributed by atoms with Gasteiger partial charge in [-0.25, -0.2) is 4.39 Å². The summed E-state index contributed by atoms with van der Waals surface area (Å²) in [5.74, 6) is -0.611. The highest BCUT2D eigenvalue weighted by molar-refractivity contribution is 9.10. The molecule has 138 valence electrons. The van der Waals surface area contributed by atoms with E-state index in [0.717, 1.165) is 39.1 Å². The van der Waals surface area contributed by atoms with Gasteiger partial charge in [0.2, 0.25) is 5.91 Å². The van der Waals surface area contributed by atoms with Crippen molar-refractivity contribution < 1.29 is 9.18 Å². The highest BCUT2D eigenvalue weighted by Gasteiger charge is 2.18. The molecule has 0 saturated carbocycles. The van der Waals surface area contributed by atoms with E-state index in [2.05, 4.69) is 55.3 Å². The zero-order valence-corrected chi connectivity index (χ0v) is 16.2. The van der Waals surface area contributed by atoms with Crippen LogP contribution in [-0.2, 0) is 11.3 Å². The Bertz CT molecular complexity index is 741. The molecule has 0 radical (unpaired) electrons. The molecule has 26 heavy (non-hydrogen) atoms. The third kappa shape index (κ3) is 5.62. The van der Waals surface area contributed by atoms with Crippen molar-refractivity contribution in [1.82, 2.24) is 9.80 Å². The topological polar surface area (TPSA) is 35.6 Å². The summed E-state index contributed by atoms with van der Waals surface area (Å²) in [5.41, 5.74) is 1.53. The summed E-state index contributed by atoms with van der Waals surface area (Å²) in [7, 11) is 0. The first-order valence-electron chi connectivity index (χ1n) is 8.84. The summed E-state index contributed by atoms with van der Waals surface area (Å²) in [5, 5.41) is 2.67. The maximum Gasteiger partial charge on any atom is 0.238 e. The molecule has 2 aromatic rings. The van der Waals surface area contributed by atoms with Crippen molar-refractivity contribution in [2.24, 2.45) is 0 Å². The van der Waals surface area contributed by atoms with Crippen molar-refractivity contribution in [2.45, 2.75) is 13.0 Å². The average Bonchev–Trinajstić information content (AvgIpc) is 2.84.